The number of carboxylic acid groups (broad SMARTS) is 2. The van der Waals surface area contributed by atoms with Crippen LogP contribution in [-0.2, 0) is 0 Å². The summed E-state index contributed by atoms with van der Waals surface area (Å²) < 4.78 is 0. The summed E-state index contributed by atoms with van der Waals surface area (Å²) in [6.07, 6.45) is -0.715. The first-order valence-corrected chi connectivity index (χ1v) is 4.44. The Morgan fingerprint density at radius 3 is 1.29 bits per heavy atom. The minimum atomic E-state index is -1.83. The molecule has 0 amide bonds. The first kappa shape index (κ1) is 13.2. The normalized spacial score (nSPS) is 25.3. The predicted octanol–water partition coefficient (Wildman–Crippen LogP) is 1.28. The van der Waals surface area contributed by atoms with Crippen LogP contribution in [0.2, 0.25) is 0 Å². The maximum absolute atomic E-state index is 8.56. The van der Waals surface area contributed by atoms with E-state index in [4.69, 9.17) is 26.5 Å². The molecule has 0 aromatic rings. The summed E-state index contributed by atoms with van der Waals surface area (Å²) >= 11 is 0. The molecule has 0 aromatic carbocycles. The van der Waals surface area contributed by atoms with Gasteiger partial charge in [-0.05, 0) is 17.3 Å². The SMILES string of the molecule is CC1(C)CC(C)(C)C1(N)N.O=C(O)O. The van der Waals surface area contributed by atoms with Crippen LogP contribution in [-0.4, -0.2) is 22.0 Å². The molecule has 1 rings (SSSR count). The molecular formula is C9H20N2O3. The Kier molecular flexibility index (Phi) is 3.20. The number of hydrogen-bond donors (Lipinski definition) is 4. The van der Waals surface area contributed by atoms with Crippen molar-refractivity contribution in [2.24, 2.45) is 22.3 Å². The van der Waals surface area contributed by atoms with Crippen LogP contribution in [0.25, 0.3) is 0 Å². The monoisotopic (exact) mass is 204 g/mol. The lowest BCUT2D eigenvalue weighted by Crippen LogP contribution is -2.77. The Labute approximate surface area is 84.1 Å². The first-order valence-electron chi connectivity index (χ1n) is 4.44. The highest BCUT2D eigenvalue weighted by atomic mass is 16.6. The van der Waals surface area contributed by atoms with Crippen molar-refractivity contribution in [3.63, 3.8) is 0 Å². The second kappa shape index (κ2) is 3.40. The van der Waals surface area contributed by atoms with Crippen LogP contribution in [0.5, 0.6) is 0 Å². The van der Waals surface area contributed by atoms with Gasteiger partial charge in [0.1, 0.15) is 0 Å². The van der Waals surface area contributed by atoms with Gasteiger partial charge in [0, 0.05) is 0 Å². The molecule has 0 aromatic heterocycles. The van der Waals surface area contributed by atoms with Gasteiger partial charge in [0.05, 0.1) is 5.66 Å². The van der Waals surface area contributed by atoms with Crippen LogP contribution >= 0.6 is 0 Å². The fourth-order valence-electron chi connectivity index (χ4n) is 2.21. The molecule has 0 heterocycles. The molecule has 6 N–H and O–H groups in total. The number of rotatable bonds is 0. The molecule has 0 aliphatic heterocycles. The molecule has 0 spiro atoms. The van der Waals surface area contributed by atoms with E-state index in [9.17, 15) is 0 Å². The van der Waals surface area contributed by atoms with Crippen molar-refractivity contribution in [3.05, 3.63) is 0 Å². The minimum absolute atomic E-state index is 0.108. The van der Waals surface area contributed by atoms with Gasteiger partial charge in [-0.25, -0.2) is 4.79 Å². The van der Waals surface area contributed by atoms with E-state index in [1.54, 1.807) is 0 Å². The van der Waals surface area contributed by atoms with Gasteiger partial charge >= 0.3 is 6.16 Å². The molecule has 0 atom stereocenters. The second-order valence-corrected chi connectivity index (χ2v) is 5.10. The maximum atomic E-state index is 8.56. The third-order valence-corrected chi connectivity index (χ3v) is 3.12. The highest BCUT2D eigenvalue weighted by Gasteiger charge is 2.60. The van der Waals surface area contributed by atoms with Crippen molar-refractivity contribution >= 4 is 6.16 Å². The Bertz CT molecular complexity index is 214. The summed E-state index contributed by atoms with van der Waals surface area (Å²) in [5.74, 6) is 0. The lowest BCUT2D eigenvalue weighted by Gasteiger charge is -2.63. The lowest BCUT2D eigenvalue weighted by atomic mass is 9.48. The Hall–Kier alpha value is -0.810. The van der Waals surface area contributed by atoms with Crippen LogP contribution in [0.4, 0.5) is 4.79 Å². The smallest absolute Gasteiger partial charge is 0.450 e. The third-order valence-electron chi connectivity index (χ3n) is 3.12. The highest BCUT2D eigenvalue weighted by Crippen LogP contribution is 2.57. The summed E-state index contributed by atoms with van der Waals surface area (Å²) in [6, 6.07) is 0. The van der Waals surface area contributed by atoms with Crippen LogP contribution < -0.4 is 11.5 Å². The van der Waals surface area contributed by atoms with Crippen molar-refractivity contribution in [1.82, 2.24) is 0 Å². The van der Waals surface area contributed by atoms with Crippen LogP contribution in [0, 0.1) is 10.8 Å². The minimum Gasteiger partial charge on any atom is -0.450 e. The van der Waals surface area contributed by atoms with E-state index >= 15 is 0 Å². The largest absolute Gasteiger partial charge is 0.503 e. The zero-order chi connectivity index (χ0) is 11.8. The fourth-order valence-corrected chi connectivity index (χ4v) is 2.21. The first-order chi connectivity index (χ1) is 5.94. The molecule has 5 heteroatoms. The van der Waals surface area contributed by atoms with Gasteiger partial charge in [-0.2, -0.15) is 0 Å². The van der Waals surface area contributed by atoms with E-state index < -0.39 is 11.8 Å². The lowest BCUT2D eigenvalue weighted by molar-refractivity contribution is -0.103. The standard InChI is InChI=1S/C8H18N2.CH2O3/c1-6(2)5-7(3,4)8(6,9)10;2-1(3)4/h5,9-10H2,1-4H3;(H2,2,3,4). The van der Waals surface area contributed by atoms with E-state index in [1.165, 1.54) is 0 Å². The molecule has 0 bridgehead atoms. The van der Waals surface area contributed by atoms with Gasteiger partial charge in [0.25, 0.3) is 0 Å². The molecule has 14 heavy (non-hydrogen) atoms. The summed E-state index contributed by atoms with van der Waals surface area (Å²) in [5, 5.41) is 13.9. The molecule has 84 valence electrons. The summed E-state index contributed by atoms with van der Waals surface area (Å²) in [5.41, 5.74) is 11.6. The molecule has 0 radical (unpaired) electrons. The maximum Gasteiger partial charge on any atom is 0.503 e. The Morgan fingerprint density at radius 2 is 1.29 bits per heavy atom. The van der Waals surface area contributed by atoms with E-state index in [0.29, 0.717) is 0 Å². The van der Waals surface area contributed by atoms with Crippen LogP contribution in [0.1, 0.15) is 34.1 Å². The molecule has 1 aliphatic rings. The van der Waals surface area contributed by atoms with Crippen LogP contribution in [0.3, 0.4) is 0 Å². The zero-order valence-electron chi connectivity index (χ0n) is 9.16. The van der Waals surface area contributed by atoms with E-state index in [2.05, 4.69) is 27.7 Å². The van der Waals surface area contributed by atoms with E-state index in [-0.39, 0.29) is 10.8 Å². The number of nitrogens with two attached hydrogens (primary N) is 2. The van der Waals surface area contributed by atoms with Crippen molar-refractivity contribution in [1.29, 1.82) is 0 Å². The molecule has 0 saturated heterocycles. The Balaban J connectivity index is 0.000000364. The predicted molar refractivity (Wildman–Crippen MR) is 53.9 cm³/mol. The molecular weight excluding hydrogens is 184 g/mol. The third kappa shape index (κ3) is 2.16. The van der Waals surface area contributed by atoms with E-state index in [1.807, 2.05) is 0 Å². The topological polar surface area (TPSA) is 110 Å². The summed E-state index contributed by atoms with van der Waals surface area (Å²) in [7, 11) is 0. The molecule has 1 saturated carbocycles. The van der Waals surface area contributed by atoms with Gasteiger partial charge < -0.3 is 21.7 Å². The quantitative estimate of drug-likeness (QED) is 0.444. The average Bonchev–Trinajstić information content (AvgIpc) is 1.81. The molecule has 0 unspecified atom stereocenters. The second-order valence-electron chi connectivity index (χ2n) is 5.10. The number of hydrogen-bond acceptors (Lipinski definition) is 3. The van der Waals surface area contributed by atoms with Gasteiger partial charge in [-0.15, -0.1) is 0 Å². The van der Waals surface area contributed by atoms with Crippen molar-refractivity contribution in [2.75, 3.05) is 0 Å². The highest BCUT2D eigenvalue weighted by molar-refractivity contribution is 5.53. The fraction of sp³-hybridized carbons (Fsp3) is 0.889. The van der Waals surface area contributed by atoms with Crippen molar-refractivity contribution in [3.8, 4) is 0 Å². The number of carbonyl (C=O) groups is 1. The molecule has 5 nitrogen and oxygen atoms in total. The summed E-state index contributed by atoms with van der Waals surface area (Å²) in [4.78, 5) is 8.56. The van der Waals surface area contributed by atoms with Gasteiger partial charge in [0.2, 0.25) is 0 Å². The van der Waals surface area contributed by atoms with Gasteiger partial charge in [0.15, 0.2) is 0 Å². The molecule has 1 fully saturated rings. The van der Waals surface area contributed by atoms with Gasteiger partial charge in [-0.1, -0.05) is 27.7 Å². The molecule has 1 aliphatic carbocycles. The van der Waals surface area contributed by atoms with E-state index in [0.717, 1.165) is 6.42 Å². The zero-order valence-corrected chi connectivity index (χ0v) is 9.16. The van der Waals surface area contributed by atoms with Crippen LogP contribution in [0.15, 0.2) is 0 Å². The van der Waals surface area contributed by atoms with Crippen molar-refractivity contribution < 1.29 is 15.0 Å². The van der Waals surface area contributed by atoms with Gasteiger partial charge in [-0.3, -0.25) is 0 Å². The van der Waals surface area contributed by atoms with Crippen molar-refractivity contribution in [2.45, 2.75) is 39.8 Å². The average molecular weight is 204 g/mol. The summed E-state index contributed by atoms with van der Waals surface area (Å²) in [6.45, 7) is 8.49. The Morgan fingerprint density at radius 1 is 1.07 bits per heavy atom.